The normalized spacial score (nSPS) is 19.0. The molecule has 0 radical (unpaired) electrons. The fraction of sp³-hybridized carbons (Fsp3) is 0.263. The van der Waals surface area contributed by atoms with E-state index in [4.69, 9.17) is 14.2 Å². The molecule has 2 aliphatic rings. The molecule has 0 saturated heterocycles. The van der Waals surface area contributed by atoms with Crippen LogP contribution < -0.4 is 14.2 Å². The Labute approximate surface area is 130 Å². The summed E-state index contributed by atoms with van der Waals surface area (Å²) in [4.78, 5) is 0. The van der Waals surface area contributed by atoms with Gasteiger partial charge < -0.3 is 14.2 Å². The van der Waals surface area contributed by atoms with Crippen molar-refractivity contribution in [1.82, 2.24) is 0 Å². The van der Waals surface area contributed by atoms with Crippen molar-refractivity contribution in [3.63, 3.8) is 0 Å². The van der Waals surface area contributed by atoms with Gasteiger partial charge in [-0.15, -0.1) is 0 Å². The molecule has 1 aliphatic heterocycles. The van der Waals surface area contributed by atoms with Gasteiger partial charge >= 0.3 is 0 Å². The van der Waals surface area contributed by atoms with Crippen molar-refractivity contribution in [2.45, 2.75) is 18.8 Å². The number of allylic oxidation sites excluding steroid dienone is 1. The van der Waals surface area contributed by atoms with E-state index < -0.39 is 0 Å². The zero-order valence-corrected chi connectivity index (χ0v) is 12.6. The first kappa shape index (κ1) is 13.3. The number of fused-ring (bicyclic) bond motifs is 2. The first-order valence-corrected chi connectivity index (χ1v) is 7.50. The van der Waals surface area contributed by atoms with Crippen molar-refractivity contribution < 1.29 is 14.2 Å². The number of hydrogen-bond donors (Lipinski definition) is 0. The molecule has 1 atom stereocenters. The smallest absolute Gasteiger partial charge is 0.231 e. The first-order chi connectivity index (χ1) is 10.8. The van der Waals surface area contributed by atoms with Crippen LogP contribution >= 0.6 is 0 Å². The summed E-state index contributed by atoms with van der Waals surface area (Å²) in [6.07, 6.45) is 2.01. The SMILES string of the molecule is C=C1CCc2cc3c(cc2C1c1ccc(OC)cc1)OCO3. The van der Waals surface area contributed by atoms with Crippen LogP contribution in [0, 0.1) is 0 Å². The maximum Gasteiger partial charge on any atom is 0.231 e. The summed E-state index contributed by atoms with van der Waals surface area (Å²) in [6, 6.07) is 12.5. The van der Waals surface area contributed by atoms with Crippen LogP contribution in [0.3, 0.4) is 0 Å². The highest BCUT2D eigenvalue weighted by molar-refractivity contribution is 5.56. The standard InChI is InChI=1S/C19H18O3/c1-12-3-4-14-9-17-18(22-11-21-17)10-16(14)19(12)13-5-7-15(20-2)8-6-13/h5-10,19H,1,3-4,11H2,2H3. The molecule has 112 valence electrons. The van der Waals surface area contributed by atoms with Crippen LogP contribution in [0.25, 0.3) is 0 Å². The third-order valence-electron chi connectivity index (χ3n) is 4.52. The lowest BCUT2D eigenvalue weighted by Gasteiger charge is -2.28. The van der Waals surface area contributed by atoms with Crippen molar-refractivity contribution in [2.75, 3.05) is 13.9 Å². The lowest BCUT2D eigenvalue weighted by atomic mass is 9.76. The van der Waals surface area contributed by atoms with Gasteiger partial charge in [0, 0.05) is 5.92 Å². The van der Waals surface area contributed by atoms with Gasteiger partial charge in [-0.05, 0) is 53.8 Å². The predicted molar refractivity (Wildman–Crippen MR) is 84.9 cm³/mol. The van der Waals surface area contributed by atoms with Gasteiger partial charge in [0.25, 0.3) is 0 Å². The molecular formula is C19H18O3. The van der Waals surface area contributed by atoms with Gasteiger partial charge in [0.2, 0.25) is 6.79 Å². The summed E-state index contributed by atoms with van der Waals surface area (Å²) in [6.45, 7) is 4.62. The lowest BCUT2D eigenvalue weighted by Crippen LogP contribution is -2.13. The molecule has 1 heterocycles. The minimum absolute atomic E-state index is 0.212. The molecule has 0 bridgehead atoms. The summed E-state index contributed by atoms with van der Waals surface area (Å²) in [5.74, 6) is 2.78. The number of aryl methyl sites for hydroxylation is 1. The second-order valence-corrected chi connectivity index (χ2v) is 5.77. The predicted octanol–water partition coefficient (Wildman–Crippen LogP) is 4.06. The van der Waals surface area contributed by atoms with E-state index in [1.807, 2.05) is 12.1 Å². The Morgan fingerprint density at radius 3 is 2.50 bits per heavy atom. The number of rotatable bonds is 2. The summed E-state index contributed by atoms with van der Waals surface area (Å²) < 4.78 is 16.3. The summed E-state index contributed by atoms with van der Waals surface area (Å²) >= 11 is 0. The second-order valence-electron chi connectivity index (χ2n) is 5.77. The van der Waals surface area contributed by atoms with Gasteiger partial charge in [-0.2, -0.15) is 0 Å². The van der Waals surface area contributed by atoms with Gasteiger partial charge in [0.1, 0.15) is 5.75 Å². The first-order valence-electron chi connectivity index (χ1n) is 7.50. The van der Waals surface area contributed by atoms with E-state index in [0.717, 1.165) is 30.1 Å². The highest BCUT2D eigenvalue weighted by Crippen LogP contribution is 2.45. The van der Waals surface area contributed by atoms with Gasteiger partial charge in [0.15, 0.2) is 11.5 Å². The number of ether oxygens (including phenoxy) is 3. The fourth-order valence-corrected chi connectivity index (χ4v) is 3.36. The van der Waals surface area contributed by atoms with Gasteiger partial charge in [-0.1, -0.05) is 24.3 Å². The van der Waals surface area contributed by atoms with E-state index in [1.54, 1.807) is 7.11 Å². The molecule has 1 aliphatic carbocycles. The molecule has 3 nitrogen and oxygen atoms in total. The van der Waals surface area contributed by atoms with E-state index in [1.165, 1.54) is 22.3 Å². The van der Waals surface area contributed by atoms with Crippen LogP contribution in [-0.2, 0) is 6.42 Å². The summed E-state index contributed by atoms with van der Waals surface area (Å²) in [5, 5.41) is 0. The molecule has 0 N–H and O–H groups in total. The molecular weight excluding hydrogens is 276 g/mol. The molecule has 2 aromatic rings. The molecule has 0 amide bonds. The van der Waals surface area contributed by atoms with Crippen molar-refractivity contribution >= 4 is 0 Å². The van der Waals surface area contributed by atoms with E-state index in [9.17, 15) is 0 Å². The Kier molecular flexibility index (Phi) is 3.07. The average Bonchev–Trinajstić information content (AvgIpc) is 3.00. The lowest BCUT2D eigenvalue weighted by molar-refractivity contribution is 0.174. The quantitative estimate of drug-likeness (QED) is 0.782. The zero-order chi connectivity index (χ0) is 15.1. The monoisotopic (exact) mass is 294 g/mol. The molecule has 0 spiro atoms. The third-order valence-corrected chi connectivity index (χ3v) is 4.52. The highest BCUT2D eigenvalue weighted by Gasteiger charge is 2.28. The zero-order valence-electron chi connectivity index (χ0n) is 12.6. The largest absolute Gasteiger partial charge is 0.497 e. The Hall–Kier alpha value is -2.42. The van der Waals surface area contributed by atoms with Crippen LogP contribution in [0.1, 0.15) is 29.0 Å². The number of methoxy groups -OCH3 is 1. The maximum absolute atomic E-state index is 5.55. The summed E-state index contributed by atoms with van der Waals surface area (Å²) in [5.41, 5.74) is 5.10. The third kappa shape index (κ3) is 2.05. The Bertz CT molecular complexity index is 731. The molecule has 0 fully saturated rings. The van der Waals surface area contributed by atoms with Crippen molar-refractivity contribution in [2.24, 2.45) is 0 Å². The molecule has 0 aromatic heterocycles. The number of benzene rings is 2. The van der Waals surface area contributed by atoms with Gasteiger partial charge in [-0.25, -0.2) is 0 Å². The minimum atomic E-state index is 0.212. The van der Waals surface area contributed by atoms with Crippen LogP contribution in [0.2, 0.25) is 0 Å². The second kappa shape index (κ2) is 5.09. The van der Waals surface area contributed by atoms with Crippen LogP contribution in [-0.4, -0.2) is 13.9 Å². The van der Waals surface area contributed by atoms with Crippen molar-refractivity contribution in [3.8, 4) is 17.2 Å². The molecule has 4 rings (SSSR count). The highest BCUT2D eigenvalue weighted by atomic mass is 16.7. The van der Waals surface area contributed by atoms with E-state index >= 15 is 0 Å². The van der Waals surface area contributed by atoms with Gasteiger partial charge in [-0.3, -0.25) is 0 Å². The van der Waals surface area contributed by atoms with Crippen LogP contribution in [0.4, 0.5) is 0 Å². The average molecular weight is 294 g/mol. The minimum Gasteiger partial charge on any atom is -0.497 e. The topological polar surface area (TPSA) is 27.7 Å². The van der Waals surface area contributed by atoms with Crippen molar-refractivity contribution in [1.29, 1.82) is 0 Å². The molecule has 2 aromatic carbocycles. The molecule has 3 heteroatoms. The van der Waals surface area contributed by atoms with Gasteiger partial charge in [0.05, 0.1) is 7.11 Å². The Balaban J connectivity index is 1.81. The van der Waals surface area contributed by atoms with Crippen molar-refractivity contribution in [3.05, 3.63) is 65.2 Å². The Morgan fingerprint density at radius 1 is 1.05 bits per heavy atom. The molecule has 1 unspecified atom stereocenters. The Morgan fingerprint density at radius 2 is 1.77 bits per heavy atom. The fourth-order valence-electron chi connectivity index (χ4n) is 3.36. The van der Waals surface area contributed by atoms with Crippen LogP contribution in [0.15, 0.2) is 48.6 Å². The molecule has 0 saturated carbocycles. The van der Waals surface area contributed by atoms with Crippen LogP contribution in [0.5, 0.6) is 17.2 Å². The number of hydrogen-bond acceptors (Lipinski definition) is 3. The molecule has 22 heavy (non-hydrogen) atoms. The maximum atomic E-state index is 5.55. The summed E-state index contributed by atoms with van der Waals surface area (Å²) in [7, 11) is 1.69. The van der Waals surface area contributed by atoms with E-state index in [0.29, 0.717) is 6.79 Å². The van der Waals surface area contributed by atoms with E-state index in [2.05, 4.69) is 30.8 Å². The van der Waals surface area contributed by atoms with E-state index in [-0.39, 0.29) is 5.92 Å².